The molecule has 1 rings (SSSR count). The zero-order valence-corrected chi connectivity index (χ0v) is 13.4. The van der Waals surface area contributed by atoms with Gasteiger partial charge in [0.1, 0.15) is 26.2 Å². The number of rotatable bonds is 8. The minimum atomic E-state index is -4.30. The highest BCUT2D eigenvalue weighted by Crippen LogP contribution is 2.47. The van der Waals surface area contributed by atoms with Gasteiger partial charge >= 0.3 is 15.6 Å². The summed E-state index contributed by atoms with van der Waals surface area (Å²) in [4.78, 5) is 18.5. The van der Waals surface area contributed by atoms with Gasteiger partial charge in [0, 0.05) is 27.3 Å². The fraction of sp³-hybridized carbons (Fsp3) is 1.00. The summed E-state index contributed by atoms with van der Waals surface area (Å²) < 4.78 is 51.0. The van der Waals surface area contributed by atoms with Gasteiger partial charge in [0.05, 0.1) is 6.61 Å². The summed E-state index contributed by atoms with van der Waals surface area (Å²) in [5, 5.41) is 0. The lowest BCUT2D eigenvalue weighted by Crippen LogP contribution is -2.37. The molecule has 6 atom stereocenters. The van der Waals surface area contributed by atoms with Gasteiger partial charge in [0.15, 0.2) is 0 Å². The van der Waals surface area contributed by atoms with E-state index in [2.05, 4.69) is 13.6 Å². The summed E-state index contributed by atoms with van der Waals surface area (Å²) in [7, 11) is 0.421. The average molecular weight is 346 g/mol. The number of ether oxygens (including phenoxy) is 2. The molecule has 1 aliphatic rings. The molecule has 21 heavy (non-hydrogen) atoms. The largest absolute Gasteiger partial charge is 0.472 e. The van der Waals surface area contributed by atoms with Crippen LogP contribution in [-0.4, -0.2) is 69.9 Å². The van der Waals surface area contributed by atoms with Crippen molar-refractivity contribution in [1.29, 1.82) is 0 Å². The van der Waals surface area contributed by atoms with Crippen LogP contribution in [0.1, 0.15) is 0 Å². The molecule has 0 bridgehead atoms. The minimum absolute atomic E-state index is 0.392. The van der Waals surface area contributed by atoms with Gasteiger partial charge in [0.25, 0.3) is 0 Å². The van der Waals surface area contributed by atoms with E-state index >= 15 is 0 Å². The molecule has 0 amide bonds. The van der Waals surface area contributed by atoms with Crippen molar-refractivity contribution in [3.05, 3.63) is 0 Å². The van der Waals surface area contributed by atoms with Crippen LogP contribution in [0.15, 0.2) is 0 Å². The molecule has 13 heteroatoms. The molecule has 1 fully saturated rings. The Morgan fingerprint density at radius 2 is 1.67 bits per heavy atom. The third kappa shape index (κ3) is 5.40. The van der Waals surface area contributed by atoms with Crippen LogP contribution in [0.4, 0.5) is 0 Å². The molecule has 0 saturated carbocycles. The van der Waals surface area contributed by atoms with E-state index in [-0.39, 0.29) is 0 Å². The van der Waals surface area contributed by atoms with E-state index in [9.17, 15) is 14.0 Å². The van der Waals surface area contributed by atoms with E-state index in [4.69, 9.17) is 26.7 Å². The molecule has 0 aromatic heterocycles. The number of phosphoric acid groups is 2. The molecular weight excluding hydrogens is 329 g/mol. The maximum Gasteiger partial charge on any atom is 0.472 e. The number of methoxy groups -OCH3 is 1. The first-order valence-electron chi connectivity index (χ1n) is 5.69. The highest BCUT2D eigenvalue weighted by Gasteiger charge is 2.47. The van der Waals surface area contributed by atoms with Crippen molar-refractivity contribution in [2.75, 3.05) is 27.9 Å². The predicted octanol–water partition coefficient (Wildman–Crippen LogP) is -0.210. The Bertz CT molecular complexity index is 433. The van der Waals surface area contributed by atoms with E-state index in [1.54, 1.807) is 0 Å². The lowest BCUT2D eigenvalue weighted by atomic mass is 9.93. The summed E-state index contributed by atoms with van der Waals surface area (Å²) in [6.07, 6.45) is -2.94. The van der Waals surface area contributed by atoms with Crippen molar-refractivity contribution >= 4 is 23.5 Å². The second-order valence-corrected chi connectivity index (χ2v) is 7.08. The number of hydrogen-bond acceptors (Lipinski definition) is 8. The molecule has 1 saturated heterocycles. The fourth-order valence-electron chi connectivity index (χ4n) is 1.71. The molecule has 3 unspecified atom stereocenters. The summed E-state index contributed by atoms with van der Waals surface area (Å²) in [6.45, 7) is -0.392. The molecule has 0 aromatic rings. The topological polar surface area (TPSA) is 130 Å². The van der Waals surface area contributed by atoms with Crippen molar-refractivity contribution in [3.8, 4) is 0 Å². The second kappa shape index (κ2) is 7.65. The van der Waals surface area contributed by atoms with Crippen molar-refractivity contribution in [3.63, 3.8) is 0 Å². The summed E-state index contributed by atoms with van der Waals surface area (Å²) in [6, 6.07) is -1.11. The van der Waals surface area contributed by atoms with E-state index < -0.39 is 46.6 Å². The van der Waals surface area contributed by atoms with Crippen LogP contribution in [-0.2, 0) is 36.7 Å². The monoisotopic (exact) mass is 346 g/mol. The van der Waals surface area contributed by atoms with Gasteiger partial charge in [-0.3, -0.25) is 18.1 Å². The molecular formula is C8H17BO10P2. The Balaban J connectivity index is 2.73. The Labute approximate surface area is 123 Å². The van der Waals surface area contributed by atoms with Crippen LogP contribution in [0.2, 0.25) is 0 Å². The highest BCUT2D eigenvalue weighted by atomic mass is 31.2. The van der Waals surface area contributed by atoms with E-state index in [1.165, 1.54) is 7.11 Å². The van der Waals surface area contributed by atoms with E-state index in [0.29, 0.717) is 0 Å². The second-order valence-electron chi connectivity index (χ2n) is 4.01. The minimum Gasteiger partial charge on any atom is -0.377 e. The van der Waals surface area contributed by atoms with Crippen LogP contribution < -0.4 is 0 Å². The summed E-state index contributed by atoms with van der Waals surface area (Å²) in [5.74, 6) is 0. The molecule has 10 nitrogen and oxygen atoms in total. The highest BCUT2D eigenvalue weighted by molar-refractivity contribution is 7.47. The average Bonchev–Trinajstić information content (AvgIpc) is 2.72. The lowest BCUT2D eigenvalue weighted by molar-refractivity contribution is -0.0321. The smallest absolute Gasteiger partial charge is 0.377 e. The lowest BCUT2D eigenvalue weighted by Gasteiger charge is -2.23. The fourth-order valence-corrected chi connectivity index (χ4v) is 2.79. The molecule has 0 aromatic carbocycles. The Morgan fingerprint density at radius 1 is 1.10 bits per heavy atom. The Hall–Kier alpha value is 0.205. The molecule has 0 spiro atoms. The van der Waals surface area contributed by atoms with Gasteiger partial charge in [-0.15, -0.1) is 0 Å². The zero-order valence-electron chi connectivity index (χ0n) is 11.6. The van der Waals surface area contributed by atoms with Crippen molar-refractivity contribution in [1.82, 2.24) is 0 Å². The first-order valence-corrected chi connectivity index (χ1v) is 8.68. The predicted molar refractivity (Wildman–Crippen MR) is 69.7 cm³/mol. The molecule has 2 N–H and O–H groups in total. The SMILES string of the molecule is [B][C@@H]1O[C@H](COP(=O)(O)OC)C(OC)[C@@H]1OP(=O)(O)OC. The van der Waals surface area contributed by atoms with Gasteiger partial charge in [-0.2, -0.15) is 0 Å². The van der Waals surface area contributed by atoms with Crippen LogP contribution in [0, 0.1) is 0 Å². The summed E-state index contributed by atoms with van der Waals surface area (Å²) >= 11 is 0. The van der Waals surface area contributed by atoms with Crippen LogP contribution in [0.3, 0.4) is 0 Å². The number of hydrogen-bond donors (Lipinski definition) is 2. The van der Waals surface area contributed by atoms with Crippen molar-refractivity contribution < 1.29 is 46.5 Å². The van der Waals surface area contributed by atoms with Gasteiger partial charge in [-0.05, 0) is 0 Å². The summed E-state index contributed by atoms with van der Waals surface area (Å²) in [5.41, 5.74) is 0. The van der Waals surface area contributed by atoms with Crippen LogP contribution >= 0.6 is 15.6 Å². The molecule has 0 aliphatic carbocycles. The maximum atomic E-state index is 11.4. The molecule has 1 aliphatic heterocycles. The van der Waals surface area contributed by atoms with E-state index in [1.807, 2.05) is 0 Å². The third-order valence-corrected chi connectivity index (χ3v) is 4.64. The Morgan fingerprint density at radius 3 is 2.14 bits per heavy atom. The quantitative estimate of drug-likeness (QED) is 0.450. The standard InChI is InChI=1S/C8H17BO10P2/c1-14-6-5(4-17-20(10,11)15-2)18-8(9)7(6)19-21(12,13)16-3/h5-8H,4H2,1-3H3,(H,10,11)(H,12,13)/t5-,6?,7+,8-/m1/s1. The molecule has 2 radical (unpaired) electrons. The maximum absolute atomic E-state index is 11.4. The first kappa shape index (κ1) is 19.3. The third-order valence-electron chi connectivity index (χ3n) is 2.74. The zero-order chi connectivity index (χ0) is 16.3. The van der Waals surface area contributed by atoms with Gasteiger partial charge in [-0.1, -0.05) is 0 Å². The molecule has 122 valence electrons. The van der Waals surface area contributed by atoms with Gasteiger partial charge in [0.2, 0.25) is 0 Å². The van der Waals surface area contributed by atoms with Crippen molar-refractivity contribution in [2.24, 2.45) is 0 Å². The van der Waals surface area contributed by atoms with E-state index in [0.717, 1.165) is 14.2 Å². The van der Waals surface area contributed by atoms with Crippen LogP contribution in [0.25, 0.3) is 0 Å². The first-order chi connectivity index (χ1) is 9.65. The Kier molecular flexibility index (Phi) is 7.02. The van der Waals surface area contributed by atoms with Gasteiger partial charge < -0.3 is 19.3 Å². The number of phosphoric ester groups is 2. The van der Waals surface area contributed by atoms with Crippen molar-refractivity contribution in [2.45, 2.75) is 24.3 Å². The molecule has 1 heterocycles. The van der Waals surface area contributed by atoms with Gasteiger partial charge in [-0.25, -0.2) is 9.13 Å². The van der Waals surface area contributed by atoms with Crippen LogP contribution in [0.5, 0.6) is 0 Å². The normalized spacial score (nSPS) is 35.3.